The van der Waals surface area contributed by atoms with Gasteiger partial charge in [0.15, 0.2) is 0 Å². The van der Waals surface area contributed by atoms with Gasteiger partial charge in [-0.1, -0.05) is 6.42 Å². The second kappa shape index (κ2) is 5.07. The maximum absolute atomic E-state index is 4.25. The number of aromatic nitrogens is 2. The van der Waals surface area contributed by atoms with Crippen molar-refractivity contribution in [2.45, 2.75) is 32.2 Å². The van der Waals surface area contributed by atoms with Gasteiger partial charge in [-0.25, -0.2) is 9.97 Å². The fourth-order valence-corrected chi connectivity index (χ4v) is 1.79. The number of aryl methyl sites for hydroxylation is 1. The zero-order valence-electron chi connectivity index (χ0n) is 9.16. The second-order valence-corrected chi connectivity index (χ2v) is 4.13. The Morgan fingerprint density at radius 1 is 1.33 bits per heavy atom. The first-order valence-corrected chi connectivity index (χ1v) is 5.60. The molecule has 1 atom stereocenters. The van der Waals surface area contributed by atoms with Crippen LogP contribution in [0.4, 0.5) is 5.95 Å². The third-order valence-corrected chi connectivity index (χ3v) is 2.66. The Bertz CT molecular complexity index is 288. The normalized spacial score (nSPS) is 22.1. The maximum atomic E-state index is 4.25. The molecule has 2 N–H and O–H groups in total. The molecule has 1 fully saturated rings. The van der Waals surface area contributed by atoms with E-state index in [0.717, 1.165) is 24.6 Å². The van der Waals surface area contributed by atoms with E-state index >= 15 is 0 Å². The standard InChI is InChI=1S/C11H18N4/c1-9-6-13-11(14-7-9)15-10-4-2-3-5-12-8-10/h6-7,10,12H,2-5,8H2,1H3,(H,13,14,15). The van der Waals surface area contributed by atoms with Crippen LogP contribution in [-0.2, 0) is 0 Å². The van der Waals surface area contributed by atoms with Crippen LogP contribution in [0.2, 0.25) is 0 Å². The molecular formula is C11H18N4. The van der Waals surface area contributed by atoms with Crippen molar-refractivity contribution in [1.29, 1.82) is 0 Å². The topological polar surface area (TPSA) is 49.8 Å². The lowest BCUT2D eigenvalue weighted by Gasteiger charge is -2.15. The van der Waals surface area contributed by atoms with Gasteiger partial charge in [0.1, 0.15) is 0 Å². The van der Waals surface area contributed by atoms with Crippen molar-refractivity contribution < 1.29 is 0 Å². The van der Waals surface area contributed by atoms with Gasteiger partial charge in [-0.05, 0) is 31.9 Å². The van der Waals surface area contributed by atoms with Crippen molar-refractivity contribution in [1.82, 2.24) is 15.3 Å². The van der Waals surface area contributed by atoms with E-state index in [1.165, 1.54) is 19.3 Å². The van der Waals surface area contributed by atoms with E-state index in [1.807, 2.05) is 19.3 Å². The highest BCUT2D eigenvalue weighted by Crippen LogP contribution is 2.08. The van der Waals surface area contributed by atoms with E-state index in [1.54, 1.807) is 0 Å². The number of hydrogen-bond donors (Lipinski definition) is 2. The summed E-state index contributed by atoms with van der Waals surface area (Å²) in [5.74, 6) is 0.745. The molecule has 2 heterocycles. The third-order valence-electron chi connectivity index (χ3n) is 2.66. The molecule has 1 aliphatic heterocycles. The van der Waals surface area contributed by atoms with E-state index in [0.29, 0.717) is 6.04 Å². The van der Waals surface area contributed by atoms with Crippen LogP contribution < -0.4 is 10.6 Å². The average Bonchev–Trinajstić information content (AvgIpc) is 2.50. The molecule has 0 aromatic carbocycles. The Morgan fingerprint density at radius 3 is 2.93 bits per heavy atom. The summed E-state index contributed by atoms with van der Waals surface area (Å²) in [6, 6.07) is 0.468. The zero-order valence-corrected chi connectivity index (χ0v) is 9.16. The fourth-order valence-electron chi connectivity index (χ4n) is 1.79. The molecule has 0 spiro atoms. The molecule has 0 bridgehead atoms. The second-order valence-electron chi connectivity index (χ2n) is 4.13. The van der Waals surface area contributed by atoms with Gasteiger partial charge in [0, 0.05) is 25.0 Å². The molecule has 4 nitrogen and oxygen atoms in total. The monoisotopic (exact) mass is 206 g/mol. The fraction of sp³-hybridized carbons (Fsp3) is 0.636. The van der Waals surface area contributed by atoms with Crippen molar-refractivity contribution in [2.75, 3.05) is 18.4 Å². The Kier molecular flexibility index (Phi) is 3.50. The van der Waals surface area contributed by atoms with Gasteiger partial charge in [0.2, 0.25) is 5.95 Å². The van der Waals surface area contributed by atoms with Crippen LogP contribution in [0.5, 0.6) is 0 Å². The quantitative estimate of drug-likeness (QED) is 0.766. The SMILES string of the molecule is Cc1cnc(NC2CCCCNC2)nc1. The van der Waals surface area contributed by atoms with Gasteiger partial charge in [0.05, 0.1) is 0 Å². The first-order chi connectivity index (χ1) is 7.34. The van der Waals surface area contributed by atoms with Crippen molar-refractivity contribution in [3.8, 4) is 0 Å². The van der Waals surface area contributed by atoms with Gasteiger partial charge in [0.25, 0.3) is 0 Å². The minimum Gasteiger partial charge on any atom is -0.350 e. The van der Waals surface area contributed by atoms with E-state index in [9.17, 15) is 0 Å². The largest absolute Gasteiger partial charge is 0.350 e. The Hall–Kier alpha value is -1.16. The highest BCUT2D eigenvalue weighted by Gasteiger charge is 2.11. The summed E-state index contributed by atoms with van der Waals surface area (Å²) in [5, 5.41) is 6.77. The lowest BCUT2D eigenvalue weighted by Crippen LogP contribution is -2.31. The van der Waals surface area contributed by atoms with Gasteiger partial charge in [-0.2, -0.15) is 0 Å². The lowest BCUT2D eigenvalue weighted by atomic mass is 10.1. The smallest absolute Gasteiger partial charge is 0.222 e. The molecule has 82 valence electrons. The van der Waals surface area contributed by atoms with Gasteiger partial charge >= 0.3 is 0 Å². The van der Waals surface area contributed by atoms with Crippen LogP contribution in [0, 0.1) is 6.92 Å². The third kappa shape index (κ3) is 3.16. The minimum atomic E-state index is 0.468. The van der Waals surface area contributed by atoms with Crippen LogP contribution in [0.15, 0.2) is 12.4 Å². The lowest BCUT2D eigenvalue weighted by molar-refractivity contribution is 0.630. The molecule has 1 aromatic rings. The van der Waals surface area contributed by atoms with Crippen molar-refractivity contribution in [3.05, 3.63) is 18.0 Å². The summed E-state index contributed by atoms with van der Waals surface area (Å²) >= 11 is 0. The molecule has 2 rings (SSSR count). The summed E-state index contributed by atoms with van der Waals surface area (Å²) in [6.07, 6.45) is 7.44. The Balaban J connectivity index is 1.92. The Morgan fingerprint density at radius 2 is 2.13 bits per heavy atom. The average molecular weight is 206 g/mol. The summed E-state index contributed by atoms with van der Waals surface area (Å²) in [5.41, 5.74) is 1.10. The van der Waals surface area contributed by atoms with Gasteiger partial charge < -0.3 is 10.6 Å². The van der Waals surface area contributed by atoms with Crippen molar-refractivity contribution in [3.63, 3.8) is 0 Å². The molecule has 1 aliphatic rings. The molecule has 0 amide bonds. The number of anilines is 1. The number of nitrogens with one attached hydrogen (secondary N) is 2. The van der Waals surface area contributed by atoms with Crippen LogP contribution >= 0.6 is 0 Å². The molecule has 1 saturated heterocycles. The van der Waals surface area contributed by atoms with Crippen LogP contribution in [0.25, 0.3) is 0 Å². The summed E-state index contributed by atoms with van der Waals surface area (Å²) in [7, 11) is 0. The highest BCUT2D eigenvalue weighted by molar-refractivity contribution is 5.26. The van der Waals surface area contributed by atoms with Crippen LogP contribution in [0.1, 0.15) is 24.8 Å². The molecule has 15 heavy (non-hydrogen) atoms. The zero-order chi connectivity index (χ0) is 10.5. The van der Waals surface area contributed by atoms with E-state index in [2.05, 4.69) is 20.6 Å². The van der Waals surface area contributed by atoms with Gasteiger partial charge in [-0.15, -0.1) is 0 Å². The van der Waals surface area contributed by atoms with Crippen LogP contribution in [0.3, 0.4) is 0 Å². The molecule has 1 aromatic heterocycles. The predicted octanol–water partition coefficient (Wildman–Crippen LogP) is 1.34. The molecule has 4 heteroatoms. The van der Waals surface area contributed by atoms with Crippen molar-refractivity contribution in [2.24, 2.45) is 0 Å². The predicted molar refractivity (Wildman–Crippen MR) is 60.9 cm³/mol. The van der Waals surface area contributed by atoms with E-state index < -0.39 is 0 Å². The number of nitrogens with zero attached hydrogens (tertiary/aromatic N) is 2. The highest BCUT2D eigenvalue weighted by atomic mass is 15.1. The Labute approximate surface area is 90.5 Å². The van der Waals surface area contributed by atoms with E-state index in [-0.39, 0.29) is 0 Å². The van der Waals surface area contributed by atoms with Crippen molar-refractivity contribution >= 4 is 5.95 Å². The maximum Gasteiger partial charge on any atom is 0.222 e. The minimum absolute atomic E-state index is 0.468. The summed E-state index contributed by atoms with van der Waals surface area (Å²) < 4.78 is 0. The first kappa shape index (κ1) is 10.4. The molecule has 0 radical (unpaired) electrons. The molecule has 0 saturated carbocycles. The number of rotatable bonds is 2. The van der Waals surface area contributed by atoms with Gasteiger partial charge in [-0.3, -0.25) is 0 Å². The van der Waals surface area contributed by atoms with Crippen LogP contribution in [-0.4, -0.2) is 29.1 Å². The first-order valence-electron chi connectivity index (χ1n) is 5.60. The van der Waals surface area contributed by atoms with E-state index in [4.69, 9.17) is 0 Å². The number of hydrogen-bond acceptors (Lipinski definition) is 4. The molecule has 1 unspecified atom stereocenters. The molecular weight excluding hydrogens is 188 g/mol. The summed E-state index contributed by atoms with van der Waals surface area (Å²) in [4.78, 5) is 8.51. The summed E-state index contributed by atoms with van der Waals surface area (Å²) in [6.45, 7) is 4.14. The molecule has 0 aliphatic carbocycles.